The van der Waals surface area contributed by atoms with E-state index in [9.17, 15) is 4.79 Å². The van der Waals surface area contributed by atoms with E-state index in [4.69, 9.17) is 16.3 Å². The first-order valence-electron chi connectivity index (χ1n) is 6.79. The second kappa shape index (κ2) is 7.61. The van der Waals surface area contributed by atoms with Crippen LogP contribution in [0.2, 0.25) is 5.02 Å². The zero-order chi connectivity index (χ0) is 16.1. The van der Waals surface area contributed by atoms with Gasteiger partial charge in [-0.25, -0.2) is 0 Å². The number of carbonyl (C=O) groups is 1. The van der Waals surface area contributed by atoms with Crippen molar-refractivity contribution >= 4 is 33.4 Å². The first-order chi connectivity index (χ1) is 10.5. The summed E-state index contributed by atoms with van der Waals surface area (Å²) in [5, 5.41) is 3.36. The van der Waals surface area contributed by atoms with Crippen LogP contribution in [-0.4, -0.2) is 17.0 Å². The summed E-state index contributed by atoms with van der Waals surface area (Å²) in [4.78, 5) is 16.2. The Bertz CT molecular complexity index is 652. The molecule has 0 unspecified atom stereocenters. The molecule has 0 fully saturated rings. The summed E-state index contributed by atoms with van der Waals surface area (Å²) >= 11 is 9.41. The van der Waals surface area contributed by atoms with Crippen LogP contribution in [0.4, 0.5) is 0 Å². The summed E-state index contributed by atoms with van der Waals surface area (Å²) in [7, 11) is 0. The molecule has 1 heterocycles. The molecular formula is C16H16BrClN2O2. The van der Waals surface area contributed by atoms with Gasteiger partial charge in [0, 0.05) is 16.9 Å². The summed E-state index contributed by atoms with van der Waals surface area (Å²) in [6, 6.07) is 8.86. The Kier molecular flexibility index (Phi) is 5.80. The Balaban J connectivity index is 1.97. The number of amides is 1. The van der Waals surface area contributed by atoms with Gasteiger partial charge in [-0.3, -0.25) is 9.78 Å². The van der Waals surface area contributed by atoms with E-state index < -0.39 is 6.10 Å². The van der Waals surface area contributed by atoms with Crippen LogP contribution in [0.5, 0.6) is 5.75 Å². The van der Waals surface area contributed by atoms with E-state index >= 15 is 0 Å². The van der Waals surface area contributed by atoms with Crippen LogP contribution < -0.4 is 10.1 Å². The fourth-order valence-electron chi connectivity index (χ4n) is 1.88. The molecule has 1 aromatic heterocycles. The Hall–Kier alpha value is -1.59. The predicted octanol–water partition coefficient (Wildman–Crippen LogP) is 4.14. The maximum atomic E-state index is 12.2. The molecule has 0 aliphatic heterocycles. The van der Waals surface area contributed by atoms with E-state index in [0.717, 1.165) is 10.0 Å². The average Bonchev–Trinajstić information content (AvgIpc) is 2.50. The van der Waals surface area contributed by atoms with E-state index in [1.165, 1.54) is 0 Å². The van der Waals surface area contributed by atoms with Crippen molar-refractivity contribution in [2.75, 3.05) is 0 Å². The lowest BCUT2D eigenvalue weighted by Crippen LogP contribution is -2.37. The average molecular weight is 384 g/mol. The highest BCUT2D eigenvalue weighted by molar-refractivity contribution is 9.10. The summed E-state index contributed by atoms with van der Waals surface area (Å²) in [6.45, 7) is 3.60. The van der Waals surface area contributed by atoms with Gasteiger partial charge in [0.15, 0.2) is 6.10 Å². The second-order valence-corrected chi connectivity index (χ2v) is 6.17. The van der Waals surface area contributed by atoms with Crippen LogP contribution in [0.25, 0.3) is 0 Å². The zero-order valence-corrected chi connectivity index (χ0v) is 14.6. The Morgan fingerprint density at radius 1 is 1.27 bits per heavy atom. The van der Waals surface area contributed by atoms with Crippen molar-refractivity contribution in [3.05, 3.63) is 57.8 Å². The third-order valence-corrected chi connectivity index (χ3v) is 3.92. The van der Waals surface area contributed by atoms with Gasteiger partial charge in [-0.2, -0.15) is 0 Å². The van der Waals surface area contributed by atoms with Crippen LogP contribution in [0, 0.1) is 0 Å². The van der Waals surface area contributed by atoms with Crippen LogP contribution >= 0.6 is 27.5 Å². The molecule has 2 aromatic rings. The topological polar surface area (TPSA) is 51.2 Å². The van der Waals surface area contributed by atoms with E-state index in [1.54, 1.807) is 31.5 Å². The third kappa shape index (κ3) is 4.45. The number of halogens is 2. The molecule has 6 heteroatoms. The normalized spacial score (nSPS) is 13.3. The molecule has 0 spiro atoms. The SMILES string of the molecule is C[C@@H](Oc1ccc(Br)cc1Cl)C(=O)N[C@H](C)c1ccncc1. The van der Waals surface area contributed by atoms with Gasteiger partial charge < -0.3 is 10.1 Å². The Morgan fingerprint density at radius 3 is 2.59 bits per heavy atom. The molecule has 0 bridgehead atoms. The number of rotatable bonds is 5. The number of hydrogen-bond acceptors (Lipinski definition) is 3. The molecule has 116 valence electrons. The van der Waals surface area contributed by atoms with Crippen LogP contribution in [0.1, 0.15) is 25.5 Å². The molecule has 0 saturated heterocycles. The molecule has 22 heavy (non-hydrogen) atoms. The van der Waals surface area contributed by atoms with Gasteiger partial charge in [-0.15, -0.1) is 0 Å². The van der Waals surface area contributed by atoms with Crippen molar-refractivity contribution in [1.29, 1.82) is 0 Å². The molecule has 0 saturated carbocycles. The number of aromatic nitrogens is 1. The minimum atomic E-state index is -0.650. The number of pyridine rings is 1. The van der Waals surface area contributed by atoms with Crippen LogP contribution in [0.15, 0.2) is 47.2 Å². The Labute approximate surface area is 143 Å². The lowest BCUT2D eigenvalue weighted by molar-refractivity contribution is -0.127. The smallest absolute Gasteiger partial charge is 0.261 e. The molecule has 1 aromatic carbocycles. The lowest BCUT2D eigenvalue weighted by atomic mass is 10.1. The summed E-state index contributed by atoms with van der Waals surface area (Å²) in [5.41, 5.74) is 0.984. The number of ether oxygens (including phenoxy) is 1. The fraction of sp³-hybridized carbons (Fsp3) is 0.250. The molecule has 0 radical (unpaired) electrons. The van der Waals surface area contributed by atoms with Gasteiger partial charge >= 0.3 is 0 Å². The summed E-state index contributed by atoms with van der Waals surface area (Å²) in [6.07, 6.45) is 2.74. The maximum Gasteiger partial charge on any atom is 0.261 e. The molecule has 2 rings (SSSR count). The molecule has 1 N–H and O–H groups in total. The van der Waals surface area contributed by atoms with Gasteiger partial charge in [0.25, 0.3) is 5.91 Å². The minimum absolute atomic E-state index is 0.123. The van der Waals surface area contributed by atoms with Gasteiger partial charge in [0.05, 0.1) is 11.1 Å². The number of hydrogen-bond donors (Lipinski definition) is 1. The highest BCUT2D eigenvalue weighted by Crippen LogP contribution is 2.28. The van der Waals surface area contributed by atoms with Gasteiger partial charge in [0.2, 0.25) is 0 Å². The highest BCUT2D eigenvalue weighted by Gasteiger charge is 2.18. The van der Waals surface area contributed by atoms with Crippen molar-refractivity contribution in [2.24, 2.45) is 0 Å². The van der Waals surface area contributed by atoms with Crippen molar-refractivity contribution in [3.63, 3.8) is 0 Å². The number of carbonyl (C=O) groups excluding carboxylic acids is 1. The second-order valence-electron chi connectivity index (χ2n) is 4.85. The molecule has 1 amide bonds. The largest absolute Gasteiger partial charge is 0.479 e. The summed E-state index contributed by atoms with van der Waals surface area (Å²) in [5.74, 6) is 0.271. The quantitative estimate of drug-likeness (QED) is 0.844. The van der Waals surface area contributed by atoms with E-state index in [1.807, 2.05) is 25.1 Å². The predicted molar refractivity (Wildman–Crippen MR) is 90.0 cm³/mol. The first-order valence-corrected chi connectivity index (χ1v) is 7.96. The molecule has 2 atom stereocenters. The Morgan fingerprint density at radius 2 is 1.95 bits per heavy atom. The molecule has 4 nitrogen and oxygen atoms in total. The van der Waals surface area contributed by atoms with Gasteiger partial charge in [-0.1, -0.05) is 27.5 Å². The summed E-state index contributed by atoms with van der Waals surface area (Å²) < 4.78 is 6.48. The molecular weight excluding hydrogens is 368 g/mol. The number of benzene rings is 1. The molecule has 0 aliphatic carbocycles. The van der Waals surface area contributed by atoms with E-state index in [0.29, 0.717) is 10.8 Å². The first kappa shape index (κ1) is 16.8. The van der Waals surface area contributed by atoms with Gasteiger partial charge in [-0.05, 0) is 49.7 Å². The van der Waals surface area contributed by atoms with E-state index in [2.05, 4.69) is 26.2 Å². The monoisotopic (exact) mass is 382 g/mol. The maximum absolute atomic E-state index is 12.2. The van der Waals surface area contributed by atoms with Gasteiger partial charge in [0.1, 0.15) is 5.75 Å². The minimum Gasteiger partial charge on any atom is -0.479 e. The van der Waals surface area contributed by atoms with Crippen LogP contribution in [-0.2, 0) is 4.79 Å². The fourth-order valence-corrected chi connectivity index (χ4v) is 2.60. The van der Waals surface area contributed by atoms with Crippen molar-refractivity contribution in [3.8, 4) is 5.75 Å². The highest BCUT2D eigenvalue weighted by atomic mass is 79.9. The molecule has 0 aliphatic rings. The van der Waals surface area contributed by atoms with Crippen LogP contribution in [0.3, 0.4) is 0 Å². The number of nitrogens with one attached hydrogen (secondary N) is 1. The zero-order valence-electron chi connectivity index (χ0n) is 12.2. The standard InChI is InChI=1S/C16H16BrClN2O2/c1-10(12-5-7-19-8-6-12)20-16(21)11(2)22-15-4-3-13(17)9-14(15)18/h3-11H,1-2H3,(H,20,21)/t10-,11-/m1/s1. The van der Waals surface area contributed by atoms with Crippen molar-refractivity contribution in [2.45, 2.75) is 26.0 Å². The number of nitrogens with zero attached hydrogens (tertiary/aromatic N) is 1. The van der Waals surface area contributed by atoms with Crippen molar-refractivity contribution in [1.82, 2.24) is 10.3 Å². The van der Waals surface area contributed by atoms with Crippen molar-refractivity contribution < 1.29 is 9.53 Å². The lowest BCUT2D eigenvalue weighted by Gasteiger charge is -2.19. The third-order valence-electron chi connectivity index (χ3n) is 3.13. The van der Waals surface area contributed by atoms with E-state index in [-0.39, 0.29) is 11.9 Å².